The molecule has 1 heterocycles. The lowest BCUT2D eigenvalue weighted by atomic mass is 9.78. The van der Waals surface area contributed by atoms with E-state index >= 15 is 0 Å². The minimum atomic E-state index is -4.37. The number of ether oxygens (including phenoxy) is 1. The number of sulfonamides is 1. The third-order valence-corrected chi connectivity index (χ3v) is 6.47. The van der Waals surface area contributed by atoms with Crippen LogP contribution in [-0.2, 0) is 14.8 Å². The van der Waals surface area contributed by atoms with Gasteiger partial charge in [0.05, 0.1) is 17.6 Å². The molecule has 1 atom stereocenters. The summed E-state index contributed by atoms with van der Waals surface area (Å²) in [5.41, 5.74) is 1.38. The smallest absolute Gasteiger partial charge is 0.407 e. The monoisotopic (exact) mass is 515 g/mol. The van der Waals surface area contributed by atoms with Crippen molar-refractivity contribution in [2.75, 3.05) is 5.32 Å². The maximum atomic E-state index is 12.3. The number of anilines is 2. The van der Waals surface area contributed by atoms with Crippen molar-refractivity contribution in [2.24, 2.45) is 0 Å². The molecule has 190 valence electrons. The highest BCUT2D eigenvalue weighted by Crippen LogP contribution is 2.38. The highest BCUT2D eigenvalue weighted by atomic mass is 32.2. The van der Waals surface area contributed by atoms with E-state index < -0.39 is 40.9 Å². The molecule has 0 unspecified atom stereocenters. The van der Waals surface area contributed by atoms with Crippen LogP contribution < -0.4 is 15.4 Å². The van der Waals surface area contributed by atoms with Crippen molar-refractivity contribution in [1.29, 1.82) is 0 Å². The summed E-state index contributed by atoms with van der Waals surface area (Å²) in [5, 5.41) is 13.7. The molecular weight excluding hydrogens is 491 g/mol. The molecule has 1 amide bonds. The van der Waals surface area contributed by atoms with Gasteiger partial charge in [-0.15, -0.1) is 0 Å². The molecule has 14 heteroatoms. The summed E-state index contributed by atoms with van der Waals surface area (Å²) in [4.78, 5) is 20.2. The van der Waals surface area contributed by atoms with Crippen LogP contribution in [-0.4, -0.2) is 47.9 Å². The number of aliphatic hydroxyl groups is 1. The Morgan fingerprint density at radius 1 is 1.23 bits per heavy atom. The number of carbonyl (C=O) groups is 1. The van der Waals surface area contributed by atoms with Crippen LogP contribution in [0.25, 0.3) is 0 Å². The predicted octanol–water partition coefficient (Wildman–Crippen LogP) is 3.84. The van der Waals surface area contributed by atoms with Crippen molar-refractivity contribution in [1.82, 2.24) is 20.0 Å². The molecule has 1 aliphatic carbocycles. The first-order valence-corrected chi connectivity index (χ1v) is 12.0. The lowest BCUT2D eigenvalue weighted by Crippen LogP contribution is -2.40. The van der Waals surface area contributed by atoms with Crippen molar-refractivity contribution < 1.29 is 36.2 Å². The fraction of sp³-hybridized carbons (Fsp3) is 0.381. The van der Waals surface area contributed by atoms with Gasteiger partial charge in [-0.3, -0.25) is 4.72 Å². The molecule has 35 heavy (non-hydrogen) atoms. The molecule has 1 saturated carbocycles. The Hall–Kier alpha value is -3.55. The van der Waals surface area contributed by atoms with Gasteiger partial charge in [-0.2, -0.15) is 13.2 Å². The zero-order chi connectivity index (χ0) is 25.6. The number of benzene rings is 1. The van der Waals surface area contributed by atoms with Gasteiger partial charge in [-0.1, -0.05) is 0 Å². The van der Waals surface area contributed by atoms with E-state index in [1.807, 2.05) is 0 Å². The maximum absolute atomic E-state index is 12.3. The number of nitrogens with one attached hydrogen (secondary N) is 3. The first kappa shape index (κ1) is 26.1. The summed E-state index contributed by atoms with van der Waals surface area (Å²) < 4.78 is 68.2. The second-order valence-corrected chi connectivity index (χ2v) is 9.70. The third kappa shape index (κ3) is 7.73. The Kier molecular flexibility index (Phi) is 8.04. The summed E-state index contributed by atoms with van der Waals surface area (Å²) in [6, 6.07) is 4.73. The largest absolute Gasteiger partial charge is 0.514 e. The number of alkyl halides is 3. The molecule has 3 rings (SSSR count). The van der Waals surface area contributed by atoms with E-state index in [9.17, 15) is 26.4 Å². The van der Waals surface area contributed by atoms with E-state index in [2.05, 4.69) is 25.3 Å². The van der Waals surface area contributed by atoms with Crippen LogP contribution >= 0.6 is 0 Å². The SMILES string of the molecule is C[C@@H](CC(F)(F)F)NC(=O)OC1CC(c2cnc(Nc3ccc(S(=O)(=O)N/C=C/O)cc3)nc2)C1. The minimum absolute atomic E-state index is 0.00247. The van der Waals surface area contributed by atoms with E-state index in [0.29, 0.717) is 24.8 Å². The fourth-order valence-electron chi connectivity index (χ4n) is 3.37. The van der Waals surface area contributed by atoms with E-state index in [-0.39, 0.29) is 16.8 Å². The normalized spacial score (nSPS) is 19.0. The number of amides is 1. The van der Waals surface area contributed by atoms with E-state index in [4.69, 9.17) is 9.84 Å². The summed E-state index contributed by atoms with van der Waals surface area (Å²) in [6.45, 7) is 1.26. The lowest BCUT2D eigenvalue weighted by Gasteiger charge is -2.34. The van der Waals surface area contributed by atoms with Crippen molar-refractivity contribution >= 4 is 27.8 Å². The molecule has 1 aliphatic rings. The summed E-state index contributed by atoms with van der Waals surface area (Å²) in [5.74, 6) is 0.343. The van der Waals surface area contributed by atoms with Gasteiger partial charge in [0.1, 0.15) is 6.10 Å². The van der Waals surface area contributed by atoms with Crippen molar-refractivity contribution in [3.05, 3.63) is 54.7 Å². The number of hydrogen-bond acceptors (Lipinski definition) is 8. The van der Waals surface area contributed by atoms with Gasteiger partial charge in [0.2, 0.25) is 5.95 Å². The van der Waals surface area contributed by atoms with Gasteiger partial charge in [-0.05, 0) is 55.5 Å². The third-order valence-electron chi connectivity index (χ3n) is 5.13. The van der Waals surface area contributed by atoms with Crippen molar-refractivity contribution in [3.63, 3.8) is 0 Å². The molecule has 0 bridgehead atoms. The Morgan fingerprint density at radius 2 is 1.86 bits per heavy atom. The summed E-state index contributed by atoms with van der Waals surface area (Å²) in [6.07, 6.45) is -1.05. The van der Waals surface area contributed by atoms with Gasteiger partial charge in [0, 0.05) is 30.3 Å². The van der Waals surface area contributed by atoms with Crippen LogP contribution in [0.3, 0.4) is 0 Å². The number of hydrogen-bond donors (Lipinski definition) is 4. The molecule has 0 aliphatic heterocycles. The average molecular weight is 516 g/mol. The molecule has 0 radical (unpaired) electrons. The topological polar surface area (TPSA) is 143 Å². The van der Waals surface area contributed by atoms with Gasteiger partial charge < -0.3 is 20.5 Å². The number of halogens is 3. The molecule has 0 spiro atoms. The molecular formula is C21H24F3N5O5S. The fourth-order valence-corrected chi connectivity index (χ4v) is 4.24. The van der Waals surface area contributed by atoms with Crippen LogP contribution in [0, 0.1) is 0 Å². The first-order valence-electron chi connectivity index (χ1n) is 10.5. The Balaban J connectivity index is 1.46. The molecule has 10 nitrogen and oxygen atoms in total. The van der Waals surface area contributed by atoms with E-state index in [1.54, 1.807) is 12.4 Å². The van der Waals surface area contributed by atoms with E-state index in [1.165, 1.54) is 31.2 Å². The number of carbonyl (C=O) groups excluding carboxylic acids is 1. The van der Waals surface area contributed by atoms with Gasteiger partial charge in [0.25, 0.3) is 10.0 Å². The Labute approximate surface area is 199 Å². The zero-order valence-electron chi connectivity index (χ0n) is 18.5. The number of aliphatic hydroxyl groups excluding tert-OH is 1. The number of aromatic nitrogens is 2. The summed E-state index contributed by atoms with van der Waals surface area (Å²) >= 11 is 0. The highest BCUT2D eigenvalue weighted by Gasteiger charge is 2.35. The van der Waals surface area contributed by atoms with Crippen molar-refractivity contribution in [2.45, 2.75) is 55.3 Å². The quantitative estimate of drug-likeness (QED) is 0.369. The number of rotatable bonds is 9. The van der Waals surface area contributed by atoms with Crippen LogP contribution in [0.15, 0.2) is 54.0 Å². The first-order chi connectivity index (χ1) is 16.4. The van der Waals surface area contributed by atoms with Crippen molar-refractivity contribution in [3.8, 4) is 0 Å². The highest BCUT2D eigenvalue weighted by molar-refractivity contribution is 7.89. The minimum Gasteiger partial charge on any atom is -0.514 e. The van der Waals surface area contributed by atoms with Crippen LogP contribution in [0.5, 0.6) is 0 Å². The van der Waals surface area contributed by atoms with Crippen LogP contribution in [0.4, 0.5) is 29.6 Å². The van der Waals surface area contributed by atoms with Crippen LogP contribution in [0.2, 0.25) is 0 Å². The number of alkyl carbamates (subject to hydrolysis) is 1. The van der Waals surface area contributed by atoms with Gasteiger partial charge in [-0.25, -0.2) is 23.2 Å². The standard InChI is InChI=1S/C21H24F3N5O5S/c1-13(10-21(22,23)24)28-20(31)34-17-8-14(9-17)15-11-25-19(26-12-15)29-16-2-4-18(5-3-16)35(32,33)27-6-7-30/h2-7,11-14,17,27,30H,8-10H2,1H3,(H,28,31)(H,25,26,29)/b7-6+/t13-,14?,17?/m0/s1. The number of nitrogens with zero attached hydrogens (tertiary/aromatic N) is 2. The molecule has 2 aromatic rings. The van der Waals surface area contributed by atoms with Gasteiger partial charge in [0.15, 0.2) is 0 Å². The zero-order valence-corrected chi connectivity index (χ0v) is 19.3. The molecule has 1 aromatic heterocycles. The molecule has 1 fully saturated rings. The predicted molar refractivity (Wildman–Crippen MR) is 119 cm³/mol. The summed E-state index contributed by atoms with van der Waals surface area (Å²) in [7, 11) is -3.79. The lowest BCUT2D eigenvalue weighted by molar-refractivity contribution is -0.138. The Morgan fingerprint density at radius 3 is 2.43 bits per heavy atom. The average Bonchev–Trinajstić information content (AvgIpc) is 2.74. The molecule has 4 N–H and O–H groups in total. The second-order valence-electron chi connectivity index (χ2n) is 7.99. The molecule has 1 aromatic carbocycles. The molecule has 0 saturated heterocycles. The van der Waals surface area contributed by atoms with Gasteiger partial charge >= 0.3 is 12.3 Å². The Bertz CT molecular complexity index is 1140. The second kappa shape index (κ2) is 10.8. The van der Waals surface area contributed by atoms with Crippen LogP contribution in [0.1, 0.15) is 37.7 Å². The maximum Gasteiger partial charge on any atom is 0.407 e. The van der Waals surface area contributed by atoms with E-state index in [0.717, 1.165) is 11.8 Å².